The maximum Gasteiger partial charge on any atom is 0.472 e. The van der Waals surface area contributed by atoms with Crippen LogP contribution in [0.15, 0.2) is 36.5 Å². The van der Waals surface area contributed by atoms with Crippen LogP contribution in [-0.4, -0.2) is 75.6 Å². The van der Waals surface area contributed by atoms with Crippen molar-refractivity contribution < 1.29 is 37.3 Å². The summed E-state index contributed by atoms with van der Waals surface area (Å²) in [5.74, 6) is -0.313. The predicted octanol–water partition coefficient (Wildman–Crippen LogP) is 16.9. The molecule has 0 aliphatic heterocycles. The minimum absolute atomic E-state index is 0.0881. The molecule has 0 saturated heterocycles. The summed E-state index contributed by atoms with van der Waals surface area (Å²) in [5, 5.41) is 0. The maximum absolute atomic E-state index is 12.8. The summed E-state index contributed by atoms with van der Waals surface area (Å²) < 4.78 is 35.2. The van der Waals surface area contributed by atoms with Crippen LogP contribution in [0.1, 0.15) is 251 Å². The van der Waals surface area contributed by atoms with Gasteiger partial charge in [0.2, 0.25) is 0 Å². The molecule has 0 aromatic rings. The Labute approximate surface area is 397 Å². The molecular formula is C55H107NO7P+. The van der Waals surface area contributed by atoms with E-state index in [1.54, 1.807) is 0 Å². The Morgan fingerprint density at radius 2 is 0.859 bits per heavy atom. The van der Waals surface area contributed by atoms with Gasteiger partial charge in [-0.2, -0.15) is 0 Å². The molecule has 378 valence electrons. The van der Waals surface area contributed by atoms with E-state index in [1.807, 2.05) is 21.1 Å². The molecule has 0 radical (unpaired) electrons. The maximum atomic E-state index is 12.8. The van der Waals surface area contributed by atoms with Gasteiger partial charge < -0.3 is 18.9 Å². The fourth-order valence-corrected chi connectivity index (χ4v) is 8.44. The van der Waals surface area contributed by atoms with Gasteiger partial charge in [-0.25, -0.2) is 4.57 Å². The van der Waals surface area contributed by atoms with Crippen LogP contribution in [-0.2, 0) is 27.9 Å². The van der Waals surface area contributed by atoms with Gasteiger partial charge in [0.1, 0.15) is 19.3 Å². The lowest BCUT2D eigenvalue weighted by Crippen LogP contribution is -2.37. The minimum atomic E-state index is -4.28. The van der Waals surface area contributed by atoms with E-state index in [9.17, 15) is 14.3 Å². The number of unbranched alkanes of at least 4 members (excludes halogenated alkanes) is 31. The second-order valence-electron chi connectivity index (χ2n) is 19.6. The number of phosphoric ester groups is 1. The zero-order valence-electron chi connectivity index (χ0n) is 43.0. The average Bonchev–Trinajstić information content (AvgIpc) is 3.25. The number of carbonyl (C=O) groups is 1. The first-order valence-electron chi connectivity index (χ1n) is 27.2. The van der Waals surface area contributed by atoms with Gasteiger partial charge in [-0.15, -0.1) is 0 Å². The smallest absolute Gasteiger partial charge is 0.457 e. The van der Waals surface area contributed by atoms with Crippen LogP contribution < -0.4 is 0 Å². The number of hydrogen-bond donors (Lipinski definition) is 1. The van der Waals surface area contributed by atoms with Crippen molar-refractivity contribution in [3.63, 3.8) is 0 Å². The number of likely N-dealkylation sites (N-methyl/N-ethyl adjacent to an activating group) is 1. The van der Waals surface area contributed by atoms with Crippen molar-refractivity contribution in [2.45, 2.75) is 258 Å². The Morgan fingerprint density at radius 1 is 0.484 bits per heavy atom. The quantitative estimate of drug-likeness (QED) is 0.0214. The fourth-order valence-electron chi connectivity index (χ4n) is 7.70. The van der Waals surface area contributed by atoms with Crippen molar-refractivity contribution in [1.82, 2.24) is 0 Å². The third-order valence-electron chi connectivity index (χ3n) is 11.9. The number of allylic oxidation sites excluding steroid dienone is 6. The highest BCUT2D eigenvalue weighted by Crippen LogP contribution is 2.43. The van der Waals surface area contributed by atoms with E-state index in [0.29, 0.717) is 24.1 Å². The molecule has 9 heteroatoms. The Bertz CT molecular complexity index is 1120. The normalized spacial score (nSPS) is 13.8. The number of quaternary nitrogens is 1. The standard InChI is InChI=1S/C55H106NO7P/c1-6-8-10-12-14-16-18-20-22-24-25-26-27-28-29-30-31-32-34-36-38-40-42-44-46-48-55(57)63-54(53-62-64(58,59)61-51-49-56(3,4)5)52-60-50-47-45-43-41-39-37-35-33-23-21-19-17-15-13-11-9-7-2/h18,20,23-25,33,54H,6-17,19,21-22,26-32,34-53H2,1-5H3/p+1/b20-18-,25-24-,33-23-. The van der Waals surface area contributed by atoms with Gasteiger partial charge in [0.15, 0.2) is 0 Å². The summed E-state index contributed by atoms with van der Waals surface area (Å²) in [6.07, 6.45) is 59.1. The van der Waals surface area contributed by atoms with Crippen molar-refractivity contribution in [3.05, 3.63) is 36.5 Å². The largest absolute Gasteiger partial charge is 0.472 e. The Morgan fingerprint density at radius 3 is 1.28 bits per heavy atom. The summed E-state index contributed by atoms with van der Waals surface area (Å²) in [6.45, 7) is 5.64. The molecular weight excluding hydrogens is 818 g/mol. The first-order valence-corrected chi connectivity index (χ1v) is 28.7. The van der Waals surface area contributed by atoms with Gasteiger partial charge in [-0.1, -0.05) is 211 Å². The number of rotatable bonds is 51. The van der Waals surface area contributed by atoms with Crippen molar-refractivity contribution in [2.24, 2.45) is 0 Å². The van der Waals surface area contributed by atoms with E-state index in [2.05, 4.69) is 50.3 Å². The molecule has 0 bridgehead atoms. The number of carbonyl (C=O) groups excluding carboxylic acids is 1. The third kappa shape index (κ3) is 51.7. The molecule has 8 nitrogen and oxygen atoms in total. The predicted molar refractivity (Wildman–Crippen MR) is 275 cm³/mol. The Balaban J connectivity index is 4.08. The molecule has 0 fully saturated rings. The first kappa shape index (κ1) is 62.7. The van der Waals surface area contributed by atoms with Crippen LogP contribution >= 0.6 is 7.82 Å². The molecule has 2 unspecified atom stereocenters. The Hall–Kier alpha value is -1.28. The summed E-state index contributed by atoms with van der Waals surface area (Å²) in [5.41, 5.74) is 0. The monoisotopic (exact) mass is 925 g/mol. The van der Waals surface area contributed by atoms with Gasteiger partial charge in [0.05, 0.1) is 34.4 Å². The number of ether oxygens (including phenoxy) is 2. The van der Waals surface area contributed by atoms with Crippen molar-refractivity contribution in [3.8, 4) is 0 Å². The van der Waals surface area contributed by atoms with Crippen molar-refractivity contribution >= 4 is 13.8 Å². The van der Waals surface area contributed by atoms with Crippen LogP contribution in [0.4, 0.5) is 0 Å². The molecule has 1 N–H and O–H groups in total. The van der Waals surface area contributed by atoms with E-state index in [4.69, 9.17) is 18.5 Å². The molecule has 0 amide bonds. The van der Waals surface area contributed by atoms with Crippen LogP contribution in [0, 0.1) is 0 Å². The first-order chi connectivity index (χ1) is 31.1. The average molecular weight is 925 g/mol. The topological polar surface area (TPSA) is 91.3 Å². The lowest BCUT2D eigenvalue weighted by atomic mass is 10.0. The molecule has 0 aromatic carbocycles. The molecule has 0 saturated carbocycles. The summed E-state index contributed by atoms with van der Waals surface area (Å²) in [4.78, 5) is 23.0. The van der Waals surface area contributed by atoms with Crippen LogP contribution in [0.3, 0.4) is 0 Å². The lowest BCUT2D eigenvalue weighted by molar-refractivity contribution is -0.870. The fraction of sp³-hybridized carbons (Fsp3) is 0.873. The molecule has 2 atom stereocenters. The van der Waals surface area contributed by atoms with Gasteiger partial charge in [-0.05, 0) is 70.6 Å². The summed E-state index contributed by atoms with van der Waals surface area (Å²) in [7, 11) is 1.67. The number of nitrogens with zero attached hydrogens (tertiary/aromatic N) is 1. The number of hydrogen-bond acceptors (Lipinski definition) is 6. The van der Waals surface area contributed by atoms with E-state index < -0.39 is 13.9 Å². The van der Waals surface area contributed by atoms with Gasteiger partial charge in [0, 0.05) is 13.0 Å². The van der Waals surface area contributed by atoms with Crippen molar-refractivity contribution in [1.29, 1.82) is 0 Å². The highest BCUT2D eigenvalue weighted by molar-refractivity contribution is 7.47. The van der Waals surface area contributed by atoms with Gasteiger partial charge in [0.25, 0.3) is 0 Å². The third-order valence-corrected chi connectivity index (χ3v) is 12.9. The second-order valence-corrected chi connectivity index (χ2v) is 21.1. The molecule has 0 rings (SSSR count). The highest BCUT2D eigenvalue weighted by Gasteiger charge is 2.26. The number of phosphoric acid groups is 1. The Kier molecular flexibility index (Phi) is 47.2. The zero-order chi connectivity index (χ0) is 46.9. The van der Waals surface area contributed by atoms with Crippen molar-refractivity contribution in [2.75, 3.05) is 54.1 Å². The lowest BCUT2D eigenvalue weighted by Gasteiger charge is -2.24. The van der Waals surface area contributed by atoms with Crippen LogP contribution in [0.25, 0.3) is 0 Å². The second kappa shape index (κ2) is 48.2. The SMILES string of the molecule is CCCCCCC/C=C\C/C=C\CCCCCCCCCCCCCCCC(=O)OC(COCCCCCCCC/C=C\CCCCCCCCC)COP(=O)(O)OCC[N+](C)(C)C. The van der Waals surface area contributed by atoms with Crippen LogP contribution in [0.5, 0.6) is 0 Å². The highest BCUT2D eigenvalue weighted by atomic mass is 31.2. The molecule has 0 aromatic heterocycles. The van der Waals surface area contributed by atoms with E-state index >= 15 is 0 Å². The van der Waals surface area contributed by atoms with E-state index in [0.717, 1.165) is 38.5 Å². The van der Waals surface area contributed by atoms with Gasteiger partial charge >= 0.3 is 13.8 Å². The number of esters is 1. The van der Waals surface area contributed by atoms with E-state index in [-0.39, 0.29) is 25.8 Å². The molecule has 0 aliphatic carbocycles. The molecule has 0 heterocycles. The molecule has 64 heavy (non-hydrogen) atoms. The van der Waals surface area contributed by atoms with E-state index in [1.165, 1.54) is 193 Å². The molecule has 0 aliphatic rings. The zero-order valence-corrected chi connectivity index (χ0v) is 43.9. The van der Waals surface area contributed by atoms with Gasteiger partial charge in [-0.3, -0.25) is 13.8 Å². The van der Waals surface area contributed by atoms with Crippen LogP contribution in [0.2, 0.25) is 0 Å². The molecule has 0 spiro atoms. The minimum Gasteiger partial charge on any atom is -0.457 e. The summed E-state index contributed by atoms with van der Waals surface area (Å²) in [6, 6.07) is 0. The summed E-state index contributed by atoms with van der Waals surface area (Å²) >= 11 is 0.